The SMILES string of the molecule is CCc1cc(Cl)c(OC)c(N2CCN(CC)CC2)c1. The molecule has 0 N–H and O–H groups in total. The summed E-state index contributed by atoms with van der Waals surface area (Å²) in [5, 5.41) is 0.717. The van der Waals surface area contributed by atoms with Crippen LogP contribution < -0.4 is 9.64 Å². The maximum absolute atomic E-state index is 6.33. The molecule has 1 aromatic rings. The van der Waals surface area contributed by atoms with Crippen molar-refractivity contribution in [3.63, 3.8) is 0 Å². The van der Waals surface area contributed by atoms with Gasteiger partial charge in [0.2, 0.25) is 0 Å². The molecule has 1 fully saturated rings. The fourth-order valence-electron chi connectivity index (χ4n) is 2.58. The summed E-state index contributed by atoms with van der Waals surface area (Å²) in [5.74, 6) is 0.809. The van der Waals surface area contributed by atoms with Gasteiger partial charge in [0, 0.05) is 26.2 Å². The average molecular weight is 283 g/mol. The number of anilines is 1. The van der Waals surface area contributed by atoms with Crippen LogP contribution in [0.2, 0.25) is 5.02 Å². The van der Waals surface area contributed by atoms with Crippen LogP contribution in [0.4, 0.5) is 5.69 Å². The number of nitrogens with zero attached hydrogens (tertiary/aromatic N) is 2. The van der Waals surface area contributed by atoms with E-state index in [1.54, 1.807) is 7.11 Å². The quantitative estimate of drug-likeness (QED) is 0.844. The second-order valence-electron chi connectivity index (χ2n) is 4.90. The van der Waals surface area contributed by atoms with Crippen LogP contribution in [0.25, 0.3) is 0 Å². The summed E-state index contributed by atoms with van der Waals surface area (Å²) >= 11 is 6.33. The maximum Gasteiger partial charge on any atom is 0.160 e. The Balaban J connectivity index is 2.25. The van der Waals surface area contributed by atoms with Crippen molar-refractivity contribution in [3.8, 4) is 5.75 Å². The van der Waals surface area contributed by atoms with Gasteiger partial charge in [0.25, 0.3) is 0 Å². The van der Waals surface area contributed by atoms with Crippen LogP contribution in [0.3, 0.4) is 0 Å². The molecule has 0 radical (unpaired) electrons. The van der Waals surface area contributed by atoms with Crippen molar-refractivity contribution >= 4 is 17.3 Å². The van der Waals surface area contributed by atoms with Gasteiger partial charge < -0.3 is 14.5 Å². The molecule has 0 aliphatic carbocycles. The first-order chi connectivity index (χ1) is 9.19. The van der Waals surface area contributed by atoms with Crippen molar-refractivity contribution in [2.24, 2.45) is 0 Å². The molecule has 0 amide bonds. The zero-order valence-electron chi connectivity index (χ0n) is 12.1. The zero-order valence-corrected chi connectivity index (χ0v) is 12.8. The van der Waals surface area contributed by atoms with Gasteiger partial charge in [-0.1, -0.05) is 25.4 Å². The minimum atomic E-state index is 0.717. The van der Waals surface area contributed by atoms with E-state index in [9.17, 15) is 0 Å². The number of piperazine rings is 1. The molecule has 0 spiro atoms. The number of benzene rings is 1. The highest BCUT2D eigenvalue weighted by Crippen LogP contribution is 2.37. The lowest BCUT2D eigenvalue weighted by molar-refractivity contribution is 0.270. The lowest BCUT2D eigenvalue weighted by atomic mass is 10.1. The van der Waals surface area contributed by atoms with Crippen molar-refractivity contribution in [1.29, 1.82) is 0 Å². The third kappa shape index (κ3) is 3.15. The molecule has 106 valence electrons. The fourth-order valence-corrected chi connectivity index (χ4v) is 2.89. The van der Waals surface area contributed by atoms with E-state index < -0.39 is 0 Å². The van der Waals surface area contributed by atoms with Gasteiger partial charge in [-0.2, -0.15) is 0 Å². The summed E-state index contributed by atoms with van der Waals surface area (Å²) in [4.78, 5) is 4.85. The first-order valence-corrected chi connectivity index (χ1v) is 7.41. The predicted molar refractivity (Wildman–Crippen MR) is 81.7 cm³/mol. The smallest absolute Gasteiger partial charge is 0.160 e. The molecule has 1 aromatic carbocycles. The maximum atomic E-state index is 6.33. The second-order valence-corrected chi connectivity index (χ2v) is 5.31. The Bertz CT molecular complexity index is 428. The Labute approximate surface area is 121 Å². The zero-order chi connectivity index (χ0) is 13.8. The van der Waals surface area contributed by atoms with Gasteiger partial charge >= 0.3 is 0 Å². The molecule has 1 aliphatic heterocycles. The van der Waals surface area contributed by atoms with Crippen molar-refractivity contribution in [1.82, 2.24) is 4.90 Å². The molecule has 4 heteroatoms. The Morgan fingerprint density at radius 3 is 2.37 bits per heavy atom. The molecule has 0 bridgehead atoms. The molecule has 0 unspecified atom stereocenters. The van der Waals surface area contributed by atoms with Crippen LogP contribution in [0.1, 0.15) is 19.4 Å². The lowest BCUT2D eigenvalue weighted by Crippen LogP contribution is -2.46. The monoisotopic (exact) mass is 282 g/mol. The average Bonchev–Trinajstić information content (AvgIpc) is 2.46. The van der Waals surface area contributed by atoms with Crippen LogP contribution >= 0.6 is 11.6 Å². The molecule has 1 aliphatic rings. The number of rotatable bonds is 4. The van der Waals surface area contributed by atoms with E-state index in [-0.39, 0.29) is 0 Å². The largest absolute Gasteiger partial charge is 0.493 e. The van der Waals surface area contributed by atoms with E-state index >= 15 is 0 Å². The van der Waals surface area contributed by atoms with Gasteiger partial charge in [0.05, 0.1) is 17.8 Å². The van der Waals surface area contributed by atoms with Crippen molar-refractivity contribution in [3.05, 3.63) is 22.7 Å². The van der Waals surface area contributed by atoms with Gasteiger partial charge in [-0.25, -0.2) is 0 Å². The molecule has 0 saturated carbocycles. The molecular weight excluding hydrogens is 260 g/mol. The summed E-state index contributed by atoms with van der Waals surface area (Å²) in [5.41, 5.74) is 2.40. The molecule has 19 heavy (non-hydrogen) atoms. The van der Waals surface area contributed by atoms with E-state index in [2.05, 4.69) is 29.7 Å². The van der Waals surface area contributed by atoms with E-state index in [1.807, 2.05) is 6.07 Å². The first-order valence-electron chi connectivity index (χ1n) is 7.03. The normalized spacial score (nSPS) is 16.7. The molecule has 2 rings (SSSR count). The topological polar surface area (TPSA) is 15.7 Å². The highest BCUT2D eigenvalue weighted by Gasteiger charge is 2.20. The predicted octanol–water partition coefficient (Wildman–Crippen LogP) is 3.05. The second kappa shape index (κ2) is 6.49. The summed E-state index contributed by atoms with van der Waals surface area (Å²) in [6, 6.07) is 4.22. The minimum Gasteiger partial charge on any atom is -0.493 e. The molecular formula is C15H23ClN2O. The fraction of sp³-hybridized carbons (Fsp3) is 0.600. The van der Waals surface area contributed by atoms with Crippen molar-refractivity contribution < 1.29 is 4.74 Å². The third-order valence-corrected chi connectivity index (χ3v) is 4.14. The van der Waals surface area contributed by atoms with E-state index in [4.69, 9.17) is 16.3 Å². The molecule has 3 nitrogen and oxygen atoms in total. The Morgan fingerprint density at radius 1 is 1.16 bits per heavy atom. The Kier molecular flexibility index (Phi) is 4.94. The first kappa shape index (κ1) is 14.5. The number of hydrogen-bond acceptors (Lipinski definition) is 3. The van der Waals surface area contributed by atoms with Crippen LogP contribution in [-0.2, 0) is 6.42 Å². The van der Waals surface area contributed by atoms with Crippen molar-refractivity contribution in [2.45, 2.75) is 20.3 Å². The van der Waals surface area contributed by atoms with Gasteiger partial charge in [-0.05, 0) is 30.7 Å². The van der Waals surface area contributed by atoms with Gasteiger partial charge in [-0.3, -0.25) is 0 Å². The van der Waals surface area contributed by atoms with Crippen LogP contribution in [0, 0.1) is 0 Å². The van der Waals surface area contributed by atoms with E-state index in [0.717, 1.165) is 55.6 Å². The van der Waals surface area contributed by atoms with E-state index in [1.165, 1.54) is 5.56 Å². The third-order valence-electron chi connectivity index (χ3n) is 3.86. The number of ether oxygens (including phenoxy) is 1. The van der Waals surface area contributed by atoms with Gasteiger partial charge in [0.1, 0.15) is 0 Å². The molecule has 1 saturated heterocycles. The summed E-state index contributed by atoms with van der Waals surface area (Å²) < 4.78 is 5.49. The van der Waals surface area contributed by atoms with E-state index in [0.29, 0.717) is 0 Å². The molecule has 1 heterocycles. The van der Waals surface area contributed by atoms with Crippen LogP contribution in [-0.4, -0.2) is 44.7 Å². The standard InChI is InChI=1S/C15H23ClN2O/c1-4-12-10-13(16)15(19-3)14(11-12)18-8-6-17(5-2)7-9-18/h10-11H,4-9H2,1-3H3. The number of methoxy groups -OCH3 is 1. The molecule has 0 atom stereocenters. The summed E-state index contributed by atoms with van der Waals surface area (Å²) in [7, 11) is 1.69. The van der Waals surface area contributed by atoms with Crippen LogP contribution in [0.15, 0.2) is 12.1 Å². The summed E-state index contributed by atoms with van der Waals surface area (Å²) in [6.07, 6.45) is 0.992. The number of aryl methyl sites for hydroxylation is 1. The highest BCUT2D eigenvalue weighted by molar-refractivity contribution is 6.32. The number of likely N-dealkylation sites (N-methyl/N-ethyl adjacent to an activating group) is 1. The van der Waals surface area contributed by atoms with Crippen molar-refractivity contribution in [2.75, 3.05) is 44.7 Å². The number of hydrogen-bond donors (Lipinski definition) is 0. The molecule has 0 aromatic heterocycles. The Morgan fingerprint density at radius 2 is 1.84 bits per heavy atom. The van der Waals surface area contributed by atoms with Gasteiger partial charge in [-0.15, -0.1) is 0 Å². The summed E-state index contributed by atoms with van der Waals surface area (Å²) in [6.45, 7) is 9.77. The Hall–Kier alpha value is -0.930. The lowest BCUT2D eigenvalue weighted by Gasteiger charge is -2.36. The highest BCUT2D eigenvalue weighted by atomic mass is 35.5. The number of halogens is 1. The van der Waals surface area contributed by atoms with Gasteiger partial charge in [0.15, 0.2) is 5.75 Å². The minimum absolute atomic E-state index is 0.717. The van der Waals surface area contributed by atoms with Crippen LogP contribution in [0.5, 0.6) is 5.75 Å².